The molecule has 29 heavy (non-hydrogen) atoms. The van der Waals surface area contributed by atoms with E-state index < -0.39 is 0 Å². The standard InChI is InChI=1S/C23H23N3O2S/c27-21(24-14-17-8-3-1-4-9-17)15-26-22(28)19-12-7-13-20(19)25-23(26)29-16-18-10-5-2-6-11-18/h1-6,8-11H,7,12-16H2,(H,24,27). The highest BCUT2D eigenvalue weighted by molar-refractivity contribution is 7.98. The van der Waals surface area contributed by atoms with E-state index in [2.05, 4.69) is 17.4 Å². The largest absolute Gasteiger partial charge is 0.350 e. The first kappa shape index (κ1) is 19.5. The van der Waals surface area contributed by atoms with Gasteiger partial charge in [0.1, 0.15) is 6.54 Å². The summed E-state index contributed by atoms with van der Waals surface area (Å²) >= 11 is 1.51. The summed E-state index contributed by atoms with van der Waals surface area (Å²) in [6.45, 7) is 0.433. The quantitative estimate of drug-likeness (QED) is 0.484. The Labute approximate surface area is 174 Å². The molecule has 1 aliphatic rings. The van der Waals surface area contributed by atoms with Crippen molar-refractivity contribution in [1.82, 2.24) is 14.9 Å². The van der Waals surface area contributed by atoms with Gasteiger partial charge in [0.15, 0.2) is 5.16 Å². The van der Waals surface area contributed by atoms with E-state index in [9.17, 15) is 9.59 Å². The van der Waals surface area contributed by atoms with Crippen LogP contribution in [0.15, 0.2) is 70.6 Å². The van der Waals surface area contributed by atoms with Gasteiger partial charge in [-0.05, 0) is 30.4 Å². The Morgan fingerprint density at radius 3 is 2.41 bits per heavy atom. The minimum absolute atomic E-state index is 0.0108. The molecule has 0 unspecified atom stereocenters. The van der Waals surface area contributed by atoms with Crippen molar-refractivity contribution in [2.24, 2.45) is 0 Å². The second kappa shape index (κ2) is 9.09. The highest BCUT2D eigenvalue weighted by Gasteiger charge is 2.22. The summed E-state index contributed by atoms with van der Waals surface area (Å²) in [5.41, 5.74) is 3.78. The third-order valence-corrected chi connectivity index (χ3v) is 6.05. The Kier molecular flexibility index (Phi) is 6.10. The zero-order chi connectivity index (χ0) is 20.1. The van der Waals surface area contributed by atoms with Gasteiger partial charge in [0.05, 0.1) is 5.69 Å². The average Bonchev–Trinajstić information content (AvgIpc) is 3.23. The first-order valence-electron chi connectivity index (χ1n) is 9.80. The fraction of sp³-hybridized carbons (Fsp3) is 0.261. The third-order valence-electron chi connectivity index (χ3n) is 5.00. The molecule has 0 spiro atoms. The number of carbonyl (C=O) groups excluding carboxylic acids is 1. The molecule has 0 saturated heterocycles. The number of hydrogen-bond acceptors (Lipinski definition) is 4. The monoisotopic (exact) mass is 405 g/mol. The lowest BCUT2D eigenvalue weighted by molar-refractivity contribution is -0.122. The number of fused-ring (bicyclic) bond motifs is 1. The van der Waals surface area contributed by atoms with Gasteiger partial charge < -0.3 is 5.32 Å². The lowest BCUT2D eigenvalue weighted by Gasteiger charge is -2.14. The number of amides is 1. The summed E-state index contributed by atoms with van der Waals surface area (Å²) in [6, 6.07) is 19.8. The molecule has 4 rings (SSSR count). The Bertz CT molecular complexity index is 1050. The molecule has 6 heteroatoms. The maximum atomic E-state index is 13.0. The van der Waals surface area contributed by atoms with Crippen molar-refractivity contribution >= 4 is 17.7 Å². The second-order valence-electron chi connectivity index (χ2n) is 7.10. The van der Waals surface area contributed by atoms with Crippen molar-refractivity contribution < 1.29 is 4.79 Å². The molecular formula is C23H23N3O2S. The SMILES string of the molecule is O=C(Cn1c(SCc2ccccc2)nc2c(c1=O)CCC2)NCc1ccccc1. The molecule has 1 amide bonds. The molecule has 0 bridgehead atoms. The summed E-state index contributed by atoms with van der Waals surface area (Å²) < 4.78 is 1.54. The fourth-order valence-corrected chi connectivity index (χ4v) is 4.44. The van der Waals surface area contributed by atoms with Gasteiger partial charge in [-0.2, -0.15) is 0 Å². The zero-order valence-electron chi connectivity index (χ0n) is 16.1. The molecule has 2 aromatic carbocycles. The van der Waals surface area contributed by atoms with Crippen molar-refractivity contribution in [2.45, 2.75) is 43.3 Å². The number of rotatable bonds is 7. The predicted octanol–water partition coefficient (Wildman–Crippen LogP) is 3.34. The molecule has 1 aromatic heterocycles. The molecule has 0 saturated carbocycles. The number of hydrogen-bond donors (Lipinski definition) is 1. The van der Waals surface area contributed by atoms with E-state index in [4.69, 9.17) is 4.98 Å². The molecule has 5 nitrogen and oxygen atoms in total. The van der Waals surface area contributed by atoms with E-state index in [1.54, 1.807) is 0 Å². The van der Waals surface area contributed by atoms with Gasteiger partial charge >= 0.3 is 0 Å². The van der Waals surface area contributed by atoms with Crippen molar-refractivity contribution in [3.63, 3.8) is 0 Å². The van der Waals surface area contributed by atoms with Crippen LogP contribution in [0, 0.1) is 0 Å². The topological polar surface area (TPSA) is 64.0 Å². The van der Waals surface area contributed by atoms with Gasteiger partial charge in [-0.15, -0.1) is 0 Å². The minimum atomic E-state index is -0.183. The second-order valence-corrected chi connectivity index (χ2v) is 8.04. The van der Waals surface area contributed by atoms with Crippen LogP contribution in [0.2, 0.25) is 0 Å². The number of nitrogens with zero attached hydrogens (tertiary/aromatic N) is 2. The smallest absolute Gasteiger partial charge is 0.258 e. The average molecular weight is 406 g/mol. The number of carbonyl (C=O) groups is 1. The molecule has 1 N–H and O–H groups in total. The van der Waals surface area contributed by atoms with Crippen LogP contribution in [0.5, 0.6) is 0 Å². The number of aryl methyl sites for hydroxylation is 1. The minimum Gasteiger partial charge on any atom is -0.350 e. The third kappa shape index (κ3) is 4.77. The van der Waals surface area contributed by atoms with Gasteiger partial charge in [-0.3, -0.25) is 14.2 Å². The lowest BCUT2D eigenvalue weighted by Crippen LogP contribution is -2.34. The number of benzene rings is 2. The summed E-state index contributed by atoms with van der Waals surface area (Å²) in [4.78, 5) is 30.3. The van der Waals surface area contributed by atoms with Crippen molar-refractivity contribution in [2.75, 3.05) is 0 Å². The molecule has 0 fully saturated rings. The Morgan fingerprint density at radius 1 is 1.00 bits per heavy atom. The maximum Gasteiger partial charge on any atom is 0.258 e. The van der Waals surface area contributed by atoms with Crippen LogP contribution in [0.4, 0.5) is 0 Å². The first-order valence-corrected chi connectivity index (χ1v) is 10.8. The van der Waals surface area contributed by atoms with Crippen LogP contribution in [0.1, 0.15) is 28.8 Å². The van der Waals surface area contributed by atoms with E-state index >= 15 is 0 Å². The highest BCUT2D eigenvalue weighted by atomic mass is 32.2. The maximum absolute atomic E-state index is 13.0. The summed E-state index contributed by atoms with van der Waals surface area (Å²) in [6.07, 6.45) is 2.53. The van der Waals surface area contributed by atoms with E-state index in [1.807, 2.05) is 48.5 Å². The van der Waals surface area contributed by atoms with Crippen LogP contribution >= 0.6 is 11.8 Å². The van der Waals surface area contributed by atoms with Gasteiger partial charge in [0.2, 0.25) is 5.91 Å². The van der Waals surface area contributed by atoms with Gasteiger partial charge in [0.25, 0.3) is 5.56 Å². The Balaban J connectivity index is 1.52. The summed E-state index contributed by atoms with van der Waals surface area (Å²) in [5.74, 6) is 0.523. The molecule has 1 heterocycles. The summed E-state index contributed by atoms with van der Waals surface area (Å²) in [5, 5.41) is 3.53. The fourth-order valence-electron chi connectivity index (χ4n) is 3.47. The van der Waals surface area contributed by atoms with Crippen LogP contribution in [-0.2, 0) is 36.5 Å². The van der Waals surface area contributed by atoms with E-state index in [1.165, 1.54) is 16.3 Å². The van der Waals surface area contributed by atoms with Gasteiger partial charge in [-0.25, -0.2) is 4.98 Å². The predicted molar refractivity (Wildman–Crippen MR) is 115 cm³/mol. The lowest BCUT2D eigenvalue weighted by atomic mass is 10.2. The van der Waals surface area contributed by atoms with Crippen molar-refractivity contribution in [1.29, 1.82) is 0 Å². The molecule has 0 radical (unpaired) electrons. The molecule has 0 atom stereocenters. The first-order chi connectivity index (χ1) is 14.2. The molecular weight excluding hydrogens is 382 g/mol. The molecule has 1 aliphatic carbocycles. The van der Waals surface area contributed by atoms with E-state index in [0.29, 0.717) is 17.5 Å². The van der Waals surface area contributed by atoms with Gasteiger partial charge in [0, 0.05) is 17.9 Å². The van der Waals surface area contributed by atoms with E-state index in [0.717, 1.165) is 41.6 Å². The normalized spacial score (nSPS) is 12.6. The van der Waals surface area contributed by atoms with Gasteiger partial charge in [-0.1, -0.05) is 72.4 Å². The zero-order valence-corrected chi connectivity index (χ0v) is 17.0. The number of aromatic nitrogens is 2. The molecule has 148 valence electrons. The number of nitrogens with one attached hydrogen (secondary N) is 1. The van der Waals surface area contributed by atoms with Crippen LogP contribution in [0.3, 0.4) is 0 Å². The van der Waals surface area contributed by atoms with Crippen LogP contribution in [-0.4, -0.2) is 15.5 Å². The molecule has 3 aromatic rings. The Morgan fingerprint density at radius 2 is 1.69 bits per heavy atom. The van der Waals surface area contributed by atoms with Crippen LogP contribution in [0.25, 0.3) is 0 Å². The summed E-state index contributed by atoms with van der Waals surface area (Å²) in [7, 11) is 0. The number of thioether (sulfide) groups is 1. The molecule has 0 aliphatic heterocycles. The van der Waals surface area contributed by atoms with Crippen molar-refractivity contribution in [3.05, 3.63) is 93.4 Å². The highest BCUT2D eigenvalue weighted by Crippen LogP contribution is 2.24. The van der Waals surface area contributed by atoms with E-state index in [-0.39, 0.29) is 18.0 Å². The van der Waals surface area contributed by atoms with Crippen LogP contribution < -0.4 is 10.9 Å². The Hall–Kier alpha value is -2.86. The van der Waals surface area contributed by atoms with Crippen molar-refractivity contribution in [3.8, 4) is 0 Å².